The summed E-state index contributed by atoms with van der Waals surface area (Å²) < 4.78 is 0. The van der Waals surface area contributed by atoms with Gasteiger partial charge in [0.15, 0.2) is 0 Å². The Morgan fingerprint density at radius 1 is 1.46 bits per heavy atom. The first-order chi connectivity index (χ1) is 6.27. The highest BCUT2D eigenvalue weighted by atomic mass is 15.1. The Kier molecular flexibility index (Phi) is 2.00. The van der Waals surface area contributed by atoms with E-state index in [0.717, 1.165) is 17.3 Å². The SMILES string of the molecule is CC(C)Cc1[nH]nc2ccncc12. The average Bonchev–Trinajstić information content (AvgIpc) is 2.48. The third-order valence-corrected chi connectivity index (χ3v) is 2.05. The van der Waals surface area contributed by atoms with Gasteiger partial charge in [0.25, 0.3) is 0 Å². The van der Waals surface area contributed by atoms with E-state index in [0.29, 0.717) is 5.92 Å². The summed E-state index contributed by atoms with van der Waals surface area (Å²) in [5.74, 6) is 0.642. The van der Waals surface area contributed by atoms with E-state index in [9.17, 15) is 0 Å². The highest BCUT2D eigenvalue weighted by Crippen LogP contribution is 2.16. The number of fused-ring (bicyclic) bond motifs is 1. The molecule has 0 spiro atoms. The van der Waals surface area contributed by atoms with Crippen molar-refractivity contribution < 1.29 is 0 Å². The van der Waals surface area contributed by atoms with Crippen molar-refractivity contribution >= 4 is 10.9 Å². The summed E-state index contributed by atoms with van der Waals surface area (Å²) in [6, 6.07) is 1.93. The number of nitrogens with zero attached hydrogens (tertiary/aromatic N) is 2. The van der Waals surface area contributed by atoms with Gasteiger partial charge in [-0.05, 0) is 18.4 Å². The maximum absolute atomic E-state index is 4.21. The van der Waals surface area contributed by atoms with Crippen molar-refractivity contribution in [3.8, 4) is 0 Å². The minimum absolute atomic E-state index is 0.642. The van der Waals surface area contributed by atoms with E-state index >= 15 is 0 Å². The number of hydrogen-bond acceptors (Lipinski definition) is 2. The molecule has 0 radical (unpaired) electrons. The number of aromatic amines is 1. The molecule has 0 atom stereocenters. The predicted octanol–water partition coefficient (Wildman–Crippen LogP) is 2.16. The van der Waals surface area contributed by atoms with Gasteiger partial charge in [-0.15, -0.1) is 0 Å². The molecule has 1 N–H and O–H groups in total. The van der Waals surface area contributed by atoms with Gasteiger partial charge in [0.2, 0.25) is 0 Å². The molecule has 0 saturated carbocycles. The smallest absolute Gasteiger partial charge is 0.0954 e. The molecule has 3 heteroatoms. The van der Waals surface area contributed by atoms with Crippen molar-refractivity contribution in [2.24, 2.45) is 5.92 Å². The van der Waals surface area contributed by atoms with Crippen LogP contribution >= 0.6 is 0 Å². The van der Waals surface area contributed by atoms with Crippen molar-refractivity contribution in [2.45, 2.75) is 20.3 Å². The van der Waals surface area contributed by atoms with Gasteiger partial charge in [-0.2, -0.15) is 5.10 Å². The van der Waals surface area contributed by atoms with E-state index in [1.54, 1.807) is 6.20 Å². The lowest BCUT2D eigenvalue weighted by atomic mass is 10.1. The first kappa shape index (κ1) is 8.23. The molecule has 0 aliphatic heterocycles. The van der Waals surface area contributed by atoms with Gasteiger partial charge in [-0.3, -0.25) is 10.1 Å². The molecule has 2 heterocycles. The second-order valence-corrected chi connectivity index (χ2v) is 3.69. The zero-order chi connectivity index (χ0) is 9.26. The predicted molar refractivity (Wildman–Crippen MR) is 52.4 cm³/mol. The van der Waals surface area contributed by atoms with Crippen LogP contribution in [0.5, 0.6) is 0 Å². The maximum atomic E-state index is 4.21. The highest BCUT2D eigenvalue weighted by molar-refractivity contribution is 5.79. The summed E-state index contributed by atoms with van der Waals surface area (Å²) in [4.78, 5) is 4.09. The van der Waals surface area contributed by atoms with Gasteiger partial charge in [0, 0.05) is 23.5 Å². The largest absolute Gasteiger partial charge is 0.281 e. The van der Waals surface area contributed by atoms with Crippen LogP contribution < -0.4 is 0 Å². The number of nitrogens with one attached hydrogen (secondary N) is 1. The van der Waals surface area contributed by atoms with Gasteiger partial charge in [-0.1, -0.05) is 13.8 Å². The van der Waals surface area contributed by atoms with Crippen LogP contribution in [0.15, 0.2) is 18.5 Å². The summed E-state index contributed by atoms with van der Waals surface area (Å²) in [5.41, 5.74) is 2.20. The molecule has 0 aliphatic carbocycles. The van der Waals surface area contributed by atoms with Crippen LogP contribution in [0.1, 0.15) is 19.5 Å². The van der Waals surface area contributed by atoms with E-state index in [-0.39, 0.29) is 0 Å². The Hall–Kier alpha value is -1.38. The third-order valence-electron chi connectivity index (χ3n) is 2.05. The third kappa shape index (κ3) is 1.54. The molecule has 0 fully saturated rings. The fourth-order valence-electron chi connectivity index (χ4n) is 1.47. The van der Waals surface area contributed by atoms with Gasteiger partial charge >= 0.3 is 0 Å². The molecule has 13 heavy (non-hydrogen) atoms. The molecule has 0 amide bonds. The average molecular weight is 175 g/mol. The van der Waals surface area contributed by atoms with Crippen LogP contribution in [0.2, 0.25) is 0 Å². The topological polar surface area (TPSA) is 41.6 Å². The Morgan fingerprint density at radius 2 is 2.31 bits per heavy atom. The second kappa shape index (κ2) is 3.17. The molecule has 2 aromatic rings. The van der Waals surface area contributed by atoms with Crippen molar-refractivity contribution in [3.05, 3.63) is 24.2 Å². The molecule has 0 saturated heterocycles. The number of pyridine rings is 1. The normalized spacial score (nSPS) is 11.3. The molecular formula is C10H13N3. The number of rotatable bonds is 2. The fourth-order valence-corrected chi connectivity index (χ4v) is 1.47. The van der Waals surface area contributed by atoms with E-state index < -0.39 is 0 Å². The number of hydrogen-bond donors (Lipinski definition) is 1. The lowest BCUT2D eigenvalue weighted by molar-refractivity contribution is 0.636. The Morgan fingerprint density at radius 3 is 3.08 bits per heavy atom. The lowest BCUT2D eigenvalue weighted by Gasteiger charge is -2.00. The minimum atomic E-state index is 0.642. The lowest BCUT2D eigenvalue weighted by Crippen LogP contribution is -1.94. The van der Waals surface area contributed by atoms with Crippen molar-refractivity contribution in [2.75, 3.05) is 0 Å². The van der Waals surface area contributed by atoms with Crippen LogP contribution in [0, 0.1) is 5.92 Å². The van der Waals surface area contributed by atoms with E-state index in [1.807, 2.05) is 12.3 Å². The summed E-state index contributed by atoms with van der Waals surface area (Å²) in [5, 5.41) is 8.41. The first-order valence-corrected chi connectivity index (χ1v) is 4.54. The van der Waals surface area contributed by atoms with Crippen LogP contribution in [-0.4, -0.2) is 15.2 Å². The Balaban J connectivity index is 2.46. The maximum Gasteiger partial charge on any atom is 0.0954 e. The zero-order valence-corrected chi connectivity index (χ0v) is 7.91. The number of H-pyrrole nitrogens is 1. The number of aromatic nitrogens is 3. The van der Waals surface area contributed by atoms with Crippen LogP contribution in [-0.2, 0) is 6.42 Å². The van der Waals surface area contributed by atoms with Gasteiger partial charge in [0.1, 0.15) is 0 Å². The molecular weight excluding hydrogens is 162 g/mol. The quantitative estimate of drug-likeness (QED) is 0.759. The molecule has 2 rings (SSSR count). The molecule has 0 bridgehead atoms. The molecule has 68 valence electrons. The second-order valence-electron chi connectivity index (χ2n) is 3.69. The van der Waals surface area contributed by atoms with E-state index in [1.165, 1.54) is 5.69 Å². The van der Waals surface area contributed by atoms with Crippen LogP contribution in [0.3, 0.4) is 0 Å². The van der Waals surface area contributed by atoms with Crippen LogP contribution in [0.4, 0.5) is 0 Å². The van der Waals surface area contributed by atoms with Crippen molar-refractivity contribution in [1.29, 1.82) is 0 Å². The summed E-state index contributed by atoms with van der Waals surface area (Å²) in [6.07, 6.45) is 4.67. The molecule has 0 aromatic carbocycles. The summed E-state index contributed by atoms with van der Waals surface area (Å²) in [7, 11) is 0. The molecule has 2 aromatic heterocycles. The summed E-state index contributed by atoms with van der Waals surface area (Å²) >= 11 is 0. The molecule has 3 nitrogen and oxygen atoms in total. The summed E-state index contributed by atoms with van der Waals surface area (Å²) in [6.45, 7) is 4.39. The van der Waals surface area contributed by atoms with Crippen molar-refractivity contribution in [1.82, 2.24) is 15.2 Å². The Bertz CT molecular complexity index is 403. The highest BCUT2D eigenvalue weighted by Gasteiger charge is 2.05. The first-order valence-electron chi connectivity index (χ1n) is 4.54. The molecule has 0 unspecified atom stereocenters. The van der Waals surface area contributed by atoms with E-state index in [4.69, 9.17) is 0 Å². The monoisotopic (exact) mass is 175 g/mol. The zero-order valence-electron chi connectivity index (χ0n) is 7.91. The fraction of sp³-hybridized carbons (Fsp3) is 0.400. The minimum Gasteiger partial charge on any atom is -0.281 e. The van der Waals surface area contributed by atoms with E-state index in [2.05, 4.69) is 29.0 Å². The molecule has 0 aliphatic rings. The standard InChI is InChI=1S/C10H13N3/c1-7(2)5-10-8-6-11-4-3-9(8)12-13-10/h3-4,6-7H,5H2,1-2H3,(H,12,13). The van der Waals surface area contributed by atoms with Crippen LogP contribution in [0.25, 0.3) is 10.9 Å². The van der Waals surface area contributed by atoms with Crippen molar-refractivity contribution in [3.63, 3.8) is 0 Å². The Labute approximate surface area is 77.2 Å². The van der Waals surface area contributed by atoms with Gasteiger partial charge in [0.05, 0.1) is 5.52 Å². The van der Waals surface area contributed by atoms with Gasteiger partial charge < -0.3 is 0 Å². The van der Waals surface area contributed by atoms with Gasteiger partial charge in [-0.25, -0.2) is 0 Å².